The average molecular weight is 330 g/mol. The summed E-state index contributed by atoms with van der Waals surface area (Å²) in [5.74, 6) is -0.0571. The van der Waals surface area contributed by atoms with E-state index in [1.807, 2.05) is 77.7 Å². The standard InChI is InChI=1S/C22H22N2O/c1-17(19-12-6-3-7-13-19)24(16-18-10-4-2-5-11-18)22(25)20-14-8-9-15-21(20)23/h2-15,17H,16,23H2,1H3/t17-/m0/s1. The van der Waals surface area contributed by atoms with Crippen LogP contribution in [0.3, 0.4) is 0 Å². The molecule has 1 atom stereocenters. The van der Waals surface area contributed by atoms with Crippen LogP contribution in [-0.4, -0.2) is 10.8 Å². The minimum absolute atomic E-state index is 0.0571. The second-order valence-corrected chi connectivity index (χ2v) is 6.09. The average Bonchev–Trinajstić information content (AvgIpc) is 2.67. The van der Waals surface area contributed by atoms with Crippen molar-refractivity contribution in [1.29, 1.82) is 0 Å². The molecular formula is C22H22N2O. The van der Waals surface area contributed by atoms with E-state index < -0.39 is 0 Å². The highest BCUT2D eigenvalue weighted by molar-refractivity contribution is 5.99. The molecule has 2 N–H and O–H groups in total. The predicted octanol–water partition coefficient (Wildman–Crippen LogP) is 4.67. The summed E-state index contributed by atoms with van der Waals surface area (Å²) in [5.41, 5.74) is 9.28. The Morgan fingerprint density at radius 1 is 0.880 bits per heavy atom. The van der Waals surface area contributed by atoms with E-state index in [9.17, 15) is 4.79 Å². The monoisotopic (exact) mass is 330 g/mol. The Labute approximate surface area is 148 Å². The summed E-state index contributed by atoms with van der Waals surface area (Å²) in [6.07, 6.45) is 0. The van der Waals surface area contributed by atoms with E-state index in [-0.39, 0.29) is 11.9 Å². The smallest absolute Gasteiger partial charge is 0.256 e. The molecule has 0 fully saturated rings. The normalized spacial score (nSPS) is 11.7. The fourth-order valence-corrected chi connectivity index (χ4v) is 2.92. The van der Waals surface area contributed by atoms with Crippen molar-refractivity contribution in [3.05, 3.63) is 102 Å². The molecule has 0 saturated heterocycles. The van der Waals surface area contributed by atoms with Crippen LogP contribution >= 0.6 is 0 Å². The van der Waals surface area contributed by atoms with Crippen LogP contribution in [-0.2, 0) is 6.54 Å². The lowest BCUT2D eigenvalue weighted by atomic mass is 10.0. The first-order valence-electron chi connectivity index (χ1n) is 8.41. The van der Waals surface area contributed by atoms with Crippen molar-refractivity contribution in [3.63, 3.8) is 0 Å². The Morgan fingerprint density at radius 2 is 1.44 bits per heavy atom. The Hall–Kier alpha value is -3.07. The highest BCUT2D eigenvalue weighted by atomic mass is 16.2. The fourth-order valence-electron chi connectivity index (χ4n) is 2.92. The van der Waals surface area contributed by atoms with Crippen LogP contribution in [0.4, 0.5) is 5.69 Å². The molecule has 126 valence electrons. The van der Waals surface area contributed by atoms with E-state index in [2.05, 4.69) is 6.92 Å². The first-order valence-corrected chi connectivity index (χ1v) is 8.41. The molecule has 3 nitrogen and oxygen atoms in total. The minimum atomic E-state index is -0.0616. The largest absolute Gasteiger partial charge is 0.398 e. The number of benzene rings is 3. The van der Waals surface area contributed by atoms with E-state index in [4.69, 9.17) is 5.73 Å². The maximum atomic E-state index is 13.2. The molecule has 0 radical (unpaired) electrons. The second-order valence-electron chi connectivity index (χ2n) is 6.09. The molecule has 0 spiro atoms. The van der Waals surface area contributed by atoms with Crippen LogP contribution in [0, 0.1) is 0 Å². The van der Waals surface area contributed by atoms with Gasteiger partial charge in [0.2, 0.25) is 0 Å². The second kappa shape index (κ2) is 7.67. The summed E-state index contributed by atoms with van der Waals surface area (Å²) in [6.45, 7) is 2.58. The number of carbonyl (C=O) groups excluding carboxylic acids is 1. The first-order chi connectivity index (χ1) is 12.2. The number of nitrogens with zero attached hydrogens (tertiary/aromatic N) is 1. The summed E-state index contributed by atoms with van der Waals surface area (Å²) >= 11 is 0. The van der Waals surface area contributed by atoms with E-state index in [0.29, 0.717) is 17.8 Å². The zero-order chi connectivity index (χ0) is 17.6. The van der Waals surface area contributed by atoms with Gasteiger partial charge in [0.05, 0.1) is 11.6 Å². The maximum Gasteiger partial charge on any atom is 0.256 e. The highest BCUT2D eigenvalue weighted by Crippen LogP contribution is 2.26. The maximum absolute atomic E-state index is 13.2. The highest BCUT2D eigenvalue weighted by Gasteiger charge is 2.24. The lowest BCUT2D eigenvalue weighted by Crippen LogP contribution is -2.33. The summed E-state index contributed by atoms with van der Waals surface area (Å²) in [5, 5.41) is 0. The SMILES string of the molecule is C[C@@H](c1ccccc1)N(Cc1ccccc1)C(=O)c1ccccc1N. The minimum Gasteiger partial charge on any atom is -0.398 e. The molecule has 0 bridgehead atoms. The topological polar surface area (TPSA) is 46.3 Å². The molecule has 25 heavy (non-hydrogen) atoms. The Morgan fingerprint density at radius 3 is 2.08 bits per heavy atom. The number of carbonyl (C=O) groups is 1. The van der Waals surface area contributed by atoms with Gasteiger partial charge in [0.25, 0.3) is 5.91 Å². The lowest BCUT2D eigenvalue weighted by molar-refractivity contribution is 0.0675. The molecular weight excluding hydrogens is 308 g/mol. The van der Waals surface area contributed by atoms with Gasteiger partial charge in [0.15, 0.2) is 0 Å². The number of anilines is 1. The van der Waals surface area contributed by atoms with Gasteiger partial charge in [-0.05, 0) is 30.2 Å². The summed E-state index contributed by atoms with van der Waals surface area (Å²) < 4.78 is 0. The van der Waals surface area contributed by atoms with E-state index in [1.165, 1.54) is 0 Å². The van der Waals surface area contributed by atoms with Gasteiger partial charge >= 0.3 is 0 Å². The van der Waals surface area contributed by atoms with Crippen LogP contribution in [0.15, 0.2) is 84.9 Å². The third-order valence-corrected chi connectivity index (χ3v) is 4.40. The molecule has 3 aromatic rings. The van der Waals surface area contributed by atoms with Crippen LogP contribution in [0.25, 0.3) is 0 Å². The number of rotatable bonds is 5. The Bertz CT molecular complexity index is 831. The van der Waals surface area contributed by atoms with Crippen molar-refractivity contribution in [2.24, 2.45) is 0 Å². The summed E-state index contributed by atoms with van der Waals surface area (Å²) in [7, 11) is 0. The van der Waals surface area contributed by atoms with Gasteiger partial charge in [0, 0.05) is 12.2 Å². The molecule has 0 aliphatic rings. The third-order valence-electron chi connectivity index (χ3n) is 4.40. The molecule has 1 amide bonds. The van der Waals surface area contributed by atoms with Gasteiger partial charge in [-0.1, -0.05) is 72.8 Å². The number of hydrogen-bond acceptors (Lipinski definition) is 2. The van der Waals surface area contributed by atoms with Crippen molar-refractivity contribution in [1.82, 2.24) is 4.90 Å². The quantitative estimate of drug-likeness (QED) is 0.691. The van der Waals surface area contributed by atoms with Crippen LogP contribution in [0.1, 0.15) is 34.5 Å². The van der Waals surface area contributed by atoms with Crippen LogP contribution < -0.4 is 5.73 Å². The molecule has 3 aromatic carbocycles. The van der Waals surface area contributed by atoms with Crippen molar-refractivity contribution in [3.8, 4) is 0 Å². The van der Waals surface area contributed by atoms with Crippen molar-refractivity contribution in [2.75, 3.05) is 5.73 Å². The van der Waals surface area contributed by atoms with Gasteiger partial charge in [-0.15, -0.1) is 0 Å². The molecule has 0 saturated carbocycles. The molecule has 3 heteroatoms. The molecule has 0 unspecified atom stereocenters. The molecule has 0 aliphatic carbocycles. The first kappa shape index (κ1) is 16.8. The van der Waals surface area contributed by atoms with Gasteiger partial charge in [-0.2, -0.15) is 0 Å². The summed E-state index contributed by atoms with van der Waals surface area (Å²) in [4.78, 5) is 15.1. The zero-order valence-corrected chi connectivity index (χ0v) is 14.3. The fraction of sp³-hybridized carbons (Fsp3) is 0.136. The summed E-state index contributed by atoms with van der Waals surface area (Å²) in [6, 6.07) is 27.3. The number of nitrogens with two attached hydrogens (primary N) is 1. The van der Waals surface area contributed by atoms with Crippen molar-refractivity contribution < 1.29 is 4.79 Å². The van der Waals surface area contributed by atoms with Crippen molar-refractivity contribution in [2.45, 2.75) is 19.5 Å². The molecule has 0 heterocycles. The van der Waals surface area contributed by atoms with Crippen LogP contribution in [0.2, 0.25) is 0 Å². The number of amides is 1. The van der Waals surface area contributed by atoms with E-state index >= 15 is 0 Å². The van der Waals surface area contributed by atoms with Crippen molar-refractivity contribution >= 4 is 11.6 Å². The third kappa shape index (κ3) is 3.89. The molecule has 0 aromatic heterocycles. The Kier molecular flexibility index (Phi) is 5.14. The predicted molar refractivity (Wildman–Crippen MR) is 102 cm³/mol. The number of hydrogen-bond donors (Lipinski definition) is 1. The number of para-hydroxylation sites is 1. The molecule has 0 aliphatic heterocycles. The van der Waals surface area contributed by atoms with Crippen LogP contribution in [0.5, 0.6) is 0 Å². The van der Waals surface area contributed by atoms with E-state index in [0.717, 1.165) is 11.1 Å². The van der Waals surface area contributed by atoms with Gasteiger partial charge in [-0.25, -0.2) is 0 Å². The van der Waals surface area contributed by atoms with Gasteiger partial charge in [-0.3, -0.25) is 4.79 Å². The Balaban J connectivity index is 1.96. The van der Waals surface area contributed by atoms with Gasteiger partial charge in [0.1, 0.15) is 0 Å². The van der Waals surface area contributed by atoms with E-state index in [1.54, 1.807) is 12.1 Å². The zero-order valence-electron chi connectivity index (χ0n) is 14.3. The number of nitrogen functional groups attached to an aromatic ring is 1. The van der Waals surface area contributed by atoms with Gasteiger partial charge < -0.3 is 10.6 Å². The lowest BCUT2D eigenvalue weighted by Gasteiger charge is -2.30. The molecule has 3 rings (SSSR count).